The van der Waals surface area contributed by atoms with Crippen molar-refractivity contribution in [1.82, 2.24) is 15.3 Å². The Morgan fingerprint density at radius 3 is 2.79 bits per heavy atom. The maximum Gasteiger partial charge on any atom is 0.237 e. The quantitative estimate of drug-likeness (QED) is 0.852. The lowest BCUT2D eigenvalue weighted by atomic mass is 9.73. The molecular weight excluding hydrogens is 302 g/mol. The van der Waals surface area contributed by atoms with E-state index in [1.54, 1.807) is 18.6 Å². The maximum atomic E-state index is 10.2. The van der Waals surface area contributed by atoms with Gasteiger partial charge in [0.25, 0.3) is 0 Å². The number of hydrogen-bond acceptors (Lipinski definition) is 5. The van der Waals surface area contributed by atoms with Crippen LogP contribution in [-0.4, -0.2) is 27.7 Å². The van der Waals surface area contributed by atoms with E-state index in [2.05, 4.69) is 22.2 Å². The van der Waals surface area contributed by atoms with Crippen LogP contribution in [0.5, 0.6) is 11.6 Å². The highest BCUT2D eigenvalue weighted by molar-refractivity contribution is 5.29. The fraction of sp³-hybridized carbons (Fsp3) is 0.474. The molecule has 0 saturated heterocycles. The van der Waals surface area contributed by atoms with Gasteiger partial charge in [0.05, 0.1) is 12.3 Å². The number of benzene rings is 1. The van der Waals surface area contributed by atoms with Gasteiger partial charge in [-0.1, -0.05) is 31.9 Å². The number of aromatic nitrogens is 2. The molecule has 2 unspecified atom stereocenters. The lowest BCUT2D eigenvalue weighted by Crippen LogP contribution is -2.43. The fourth-order valence-corrected chi connectivity index (χ4v) is 3.21. The van der Waals surface area contributed by atoms with Gasteiger partial charge >= 0.3 is 0 Å². The first-order valence-corrected chi connectivity index (χ1v) is 8.57. The van der Waals surface area contributed by atoms with Crippen LogP contribution in [0.1, 0.15) is 38.2 Å². The SMILES string of the molecule is CC1(CNCc2ccc(Oc3cnccn3)cc2)CCCCC1O. The van der Waals surface area contributed by atoms with E-state index in [9.17, 15) is 5.11 Å². The summed E-state index contributed by atoms with van der Waals surface area (Å²) in [5.41, 5.74) is 1.18. The van der Waals surface area contributed by atoms with Crippen molar-refractivity contribution >= 4 is 0 Å². The Bertz CT molecular complexity index is 633. The minimum Gasteiger partial charge on any atom is -0.438 e. The summed E-state index contributed by atoms with van der Waals surface area (Å²) in [7, 11) is 0. The minimum absolute atomic E-state index is 0.00667. The highest BCUT2D eigenvalue weighted by atomic mass is 16.5. The van der Waals surface area contributed by atoms with E-state index in [4.69, 9.17) is 4.74 Å². The standard InChI is InChI=1S/C19H25N3O2/c1-19(9-3-2-4-17(19)23)14-21-12-15-5-7-16(8-6-15)24-18-13-20-10-11-22-18/h5-8,10-11,13,17,21,23H,2-4,9,12,14H2,1H3. The van der Waals surface area contributed by atoms with E-state index >= 15 is 0 Å². The van der Waals surface area contributed by atoms with E-state index in [0.717, 1.165) is 38.1 Å². The summed E-state index contributed by atoms with van der Waals surface area (Å²) in [4.78, 5) is 8.07. The molecule has 1 fully saturated rings. The number of rotatable bonds is 6. The van der Waals surface area contributed by atoms with Crippen molar-refractivity contribution in [2.75, 3.05) is 6.54 Å². The Balaban J connectivity index is 1.49. The van der Waals surface area contributed by atoms with Gasteiger partial charge in [0.1, 0.15) is 5.75 Å². The van der Waals surface area contributed by atoms with Crippen LogP contribution in [0.3, 0.4) is 0 Å². The summed E-state index contributed by atoms with van der Waals surface area (Å²) in [6.07, 6.45) is 8.98. The van der Waals surface area contributed by atoms with Crippen LogP contribution in [0, 0.1) is 5.41 Å². The van der Waals surface area contributed by atoms with E-state index in [1.165, 1.54) is 12.0 Å². The number of aliphatic hydroxyl groups is 1. The third kappa shape index (κ3) is 4.30. The monoisotopic (exact) mass is 327 g/mol. The largest absolute Gasteiger partial charge is 0.438 e. The molecule has 24 heavy (non-hydrogen) atoms. The predicted molar refractivity (Wildman–Crippen MR) is 92.8 cm³/mol. The lowest BCUT2D eigenvalue weighted by Gasteiger charge is -2.38. The Kier molecular flexibility index (Phi) is 5.43. The highest BCUT2D eigenvalue weighted by Gasteiger charge is 2.34. The van der Waals surface area contributed by atoms with E-state index in [-0.39, 0.29) is 11.5 Å². The van der Waals surface area contributed by atoms with Crippen molar-refractivity contribution in [1.29, 1.82) is 0 Å². The van der Waals surface area contributed by atoms with Crippen LogP contribution >= 0.6 is 0 Å². The fourth-order valence-electron chi connectivity index (χ4n) is 3.21. The van der Waals surface area contributed by atoms with Crippen LogP contribution in [0.15, 0.2) is 42.9 Å². The van der Waals surface area contributed by atoms with Gasteiger partial charge < -0.3 is 15.2 Å². The van der Waals surface area contributed by atoms with Gasteiger partial charge in [-0.3, -0.25) is 4.98 Å². The van der Waals surface area contributed by atoms with Crippen LogP contribution in [0.4, 0.5) is 0 Å². The first-order valence-electron chi connectivity index (χ1n) is 8.57. The molecule has 0 radical (unpaired) electrons. The Labute approximate surface area is 143 Å². The van der Waals surface area contributed by atoms with E-state index in [1.807, 2.05) is 24.3 Å². The molecule has 1 aliphatic carbocycles. The molecule has 2 atom stereocenters. The molecule has 1 aliphatic rings. The van der Waals surface area contributed by atoms with Crippen molar-refractivity contribution in [3.63, 3.8) is 0 Å². The number of nitrogens with zero attached hydrogens (tertiary/aromatic N) is 2. The maximum absolute atomic E-state index is 10.2. The molecule has 0 bridgehead atoms. The van der Waals surface area contributed by atoms with Gasteiger partial charge in [0.2, 0.25) is 5.88 Å². The van der Waals surface area contributed by atoms with Crippen LogP contribution in [0.2, 0.25) is 0 Å². The first-order chi connectivity index (χ1) is 11.7. The average molecular weight is 327 g/mol. The highest BCUT2D eigenvalue weighted by Crippen LogP contribution is 2.35. The third-order valence-corrected chi connectivity index (χ3v) is 4.82. The molecule has 1 aromatic heterocycles. The normalized spacial score (nSPS) is 23.8. The van der Waals surface area contributed by atoms with Crippen molar-refractivity contribution < 1.29 is 9.84 Å². The molecular formula is C19H25N3O2. The molecule has 0 spiro atoms. The predicted octanol–water partition coefficient (Wildman–Crippen LogP) is 3.30. The Hall–Kier alpha value is -1.98. The Morgan fingerprint density at radius 2 is 2.08 bits per heavy atom. The lowest BCUT2D eigenvalue weighted by molar-refractivity contribution is 0.00115. The number of hydrogen-bond donors (Lipinski definition) is 2. The smallest absolute Gasteiger partial charge is 0.237 e. The van der Waals surface area contributed by atoms with Crippen molar-refractivity contribution in [3.05, 3.63) is 48.4 Å². The van der Waals surface area contributed by atoms with Crippen molar-refractivity contribution in [3.8, 4) is 11.6 Å². The van der Waals surface area contributed by atoms with Gasteiger partial charge in [0, 0.05) is 30.9 Å². The van der Waals surface area contributed by atoms with Crippen LogP contribution in [-0.2, 0) is 6.54 Å². The second-order valence-corrected chi connectivity index (χ2v) is 6.81. The summed E-state index contributed by atoms with van der Waals surface area (Å²) in [6.45, 7) is 3.81. The molecule has 2 aromatic rings. The van der Waals surface area contributed by atoms with Gasteiger partial charge in [-0.25, -0.2) is 4.98 Å². The second-order valence-electron chi connectivity index (χ2n) is 6.81. The number of aliphatic hydroxyl groups excluding tert-OH is 1. The molecule has 0 aliphatic heterocycles. The molecule has 1 saturated carbocycles. The summed E-state index contributed by atoms with van der Waals surface area (Å²) in [6, 6.07) is 7.95. The van der Waals surface area contributed by atoms with Gasteiger partial charge in [-0.15, -0.1) is 0 Å². The zero-order valence-electron chi connectivity index (χ0n) is 14.1. The topological polar surface area (TPSA) is 67.3 Å². The van der Waals surface area contributed by atoms with Gasteiger partial charge in [0.15, 0.2) is 0 Å². The average Bonchev–Trinajstić information content (AvgIpc) is 2.60. The summed E-state index contributed by atoms with van der Waals surface area (Å²) >= 11 is 0. The molecule has 1 heterocycles. The van der Waals surface area contributed by atoms with Crippen LogP contribution < -0.4 is 10.1 Å². The molecule has 5 nitrogen and oxygen atoms in total. The van der Waals surface area contributed by atoms with Gasteiger partial charge in [-0.05, 0) is 30.5 Å². The molecule has 0 amide bonds. The van der Waals surface area contributed by atoms with Crippen molar-refractivity contribution in [2.45, 2.75) is 45.3 Å². The van der Waals surface area contributed by atoms with E-state index < -0.39 is 0 Å². The summed E-state index contributed by atoms with van der Waals surface area (Å²) < 4.78 is 5.64. The van der Waals surface area contributed by atoms with E-state index in [0.29, 0.717) is 5.88 Å². The third-order valence-electron chi connectivity index (χ3n) is 4.82. The molecule has 5 heteroatoms. The molecule has 128 valence electrons. The second kappa shape index (κ2) is 7.73. The molecule has 2 N–H and O–H groups in total. The zero-order chi connectivity index (χ0) is 16.8. The molecule has 1 aromatic carbocycles. The summed E-state index contributed by atoms with van der Waals surface area (Å²) in [5.74, 6) is 1.23. The first kappa shape index (κ1) is 16.9. The summed E-state index contributed by atoms with van der Waals surface area (Å²) in [5, 5.41) is 13.7. The Morgan fingerprint density at radius 1 is 1.25 bits per heavy atom. The zero-order valence-corrected chi connectivity index (χ0v) is 14.1. The van der Waals surface area contributed by atoms with Crippen molar-refractivity contribution in [2.24, 2.45) is 5.41 Å². The number of nitrogens with one attached hydrogen (secondary N) is 1. The van der Waals surface area contributed by atoms with Gasteiger partial charge in [-0.2, -0.15) is 0 Å². The molecule has 3 rings (SSSR count). The van der Waals surface area contributed by atoms with Crippen LogP contribution in [0.25, 0.3) is 0 Å². The number of ether oxygens (including phenoxy) is 1. The minimum atomic E-state index is -0.193.